The lowest BCUT2D eigenvalue weighted by atomic mass is 10.3. The molecule has 15 heavy (non-hydrogen) atoms. The van der Waals surface area contributed by atoms with Gasteiger partial charge in [0.25, 0.3) is 0 Å². The third kappa shape index (κ3) is 4.95. The van der Waals surface area contributed by atoms with Gasteiger partial charge in [0.2, 0.25) is 5.91 Å². The Labute approximate surface area is 94.9 Å². The van der Waals surface area contributed by atoms with Crippen molar-refractivity contribution in [3.8, 4) is 0 Å². The third-order valence-corrected chi connectivity index (χ3v) is 3.01. The van der Waals surface area contributed by atoms with Gasteiger partial charge in [-0.2, -0.15) is 0 Å². The Morgan fingerprint density at radius 3 is 2.80 bits per heavy atom. The van der Waals surface area contributed by atoms with Crippen LogP contribution in [-0.4, -0.2) is 25.5 Å². The van der Waals surface area contributed by atoms with Crippen molar-refractivity contribution in [2.75, 3.05) is 19.6 Å². The minimum Gasteiger partial charge on any atom is -0.355 e. The van der Waals surface area contributed by atoms with Gasteiger partial charge in [0.05, 0.1) is 6.42 Å². The topological polar surface area (TPSA) is 41.1 Å². The summed E-state index contributed by atoms with van der Waals surface area (Å²) < 4.78 is 0. The average Bonchev–Trinajstić information content (AvgIpc) is 2.59. The SMILES string of the molecule is CCNCCNC(=O)Cc1ccc(C)s1. The number of nitrogens with one attached hydrogen (secondary N) is 2. The molecule has 0 bridgehead atoms. The second-order valence-electron chi connectivity index (χ2n) is 3.39. The Morgan fingerprint density at radius 2 is 2.20 bits per heavy atom. The van der Waals surface area contributed by atoms with E-state index in [0.717, 1.165) is 18.0 Å². The standard InChI is InChI=1S/C11H18N2OS/c1-3-12-6-7-13-11(14)8-10-5-4-9(2)15-10/h4-5,12H,3,6-8H2,1-2H3,(H,13,14). The van der Waals surface area contributed by atoms with Gasteiger partial charge in [0.15, 0.2) is 0 Å². The van der Waals surface area contributed by atoms with Gasteiger partial charge in [-0.3, -0.25) is 4.79 Å². The molecular formula is C11H18N2OS. The number of hydrogen-bond acceptors (Lipinski definition) is 3. The van der Waals surface area contributed by atoms with E-state index in [9.17, 15) is 4.79 Å². The van der Waals surface area contributed by atoms with E-state index in [1.165, 1.54) is 4.88 Å². The van der Waals surface area contributed by atoms with E-state index in [2.05, 4.69) is 24.5 Å². The van der Waals surface area contributed by atoms with E-state index in [0.29, 0.717) is 13.0 Å². The van der Waals surface area contributed by atoms with Crippen LogP contribution in [0.15, 0.2) is 12.1 Å². The summed E-state index contributed by atoms with van der Waals surface area (Å²) in [5.41, 5.74) is 0. The van der Waals surface area contributed by atoms with Crippen molar-refractivity contribution in [2.45, 2.75) is 20.3 Å². The number of amides is 1. The summed E-state index contributed by atoms with van der Waals surface area (Å²) in [5, 5.41) is 6.04. The van der Waals surface area contributed by atoms with E-state index in [1.807, 2.05) is 12.1 Å². The second kappa shape index (κ2) is 6.58. The van der Waals surface area contributed by atoms with Crippen LogP contribution in [0.3, 0.4) is 0 Å². The highest BCUT2D eigenvalue weighted by atomic mass is 32.1. The summed E-state index contributed by atoms with van der Waals surface area (Å²) in [6.45, 7) is 6.59. The molecule has 1 aromatic rings. The van der Waals surface area contributed by atoms with Crippen LogP contribution in [0.5, 0.6) is 0 Å². The molecule has 0 aliphatic heterocycles. The van der Waals surface area contributed by atoms with Gasteiger partial charge in [0, 0.05) is 22.8 Å². The van der Waals surface area contributed by atoms with Gasteiger partial charge < -0.3 is 10.6 Å². The second-order valence-corrected chi connectivity index (χ2v) is 4.77. The van der Waals surface area contributed by atoms with E-state index in [4.69, 9.17) is 0 Å². The summed E-state index contributed by atoms with van der Waals surface area (Å²) in [7, 11) is 0. The van der Waals surface area contributed by atoms with Crippen LogP contribution in [0.25, 0.3) is 0 Å². The van der Waals surface area contributed by atoms with Crippen LogP contribution in [0.4, 0.5) is 0 Å². The zero-order valence-electron chi connectivity index (χ0n) is 9.30. The Kier molecular flexibility index (Phi) is 5.36. The molecule has 2 N–H and O–H groups in total. The molecule has 0 unspecified atom stereocenters. The van der Waals surface area contributed by atoms with E-state index >= 15 is 0 Å². The van der Waals surface area contributed by atoms with Crippen molar-refractivity contribution in [3.05, 3.63) is 21.9 Å². The summed E-state index contributed by atoms with van der Waals surface area (Å²) in [6, 6.07) is 4.07. The lowest BCUT2D eigenvalue weighted by Gasteiger charge is -2.04. The molecule has 0 saturated carbocycles. The average molecular weight is 226 g/mol. The number of thiophene rings is 1. The van der Waals surface area contributed by atoms with Crippen molar-refractivity contribution >= 4 is 17.2 Å². The summed E-state index contributed by atoms with van der Waals surface area (Å²) in [5.74, 6) is 0.106. The first-order chi connectivity index (χ1) is 7.22. The monoisotopic (exact) mass is 226 g/mol. The van der Waals surface area contributed by atoms with Gasteiger partial charge in [-0.1, -0.05) is 6.92 Å². The number of likely N-dealkylation sites (N-methyl/N-ethyl adjacent to an activating group) is 1. The van der Waals surface area contributed by atoms with Crippen molar-refractivity contribution in [2.24, 2.45) is 0 Å². The maximum atomic E-state index is 11.5. The molecule has 0 aromatic carbocycles. The molecule has 0 spiro atoms. The maximum Gasteiger partial charge on any atom is 0.225 e. The molecule has 0 atom stereocenters. The van der Waals surface area contributed by atoms with Crippen molar-refractivity contribution in [1.29, 1.82) is 0 Å². The van der Waals surface area contributed by atoms with E-state index in [-0.39, 0.29) is 5.91 Å². The molecule has 0 fully saturated rings. The molecule has 4 heteroatoms. The minimum absolute atomic E-state index is 0.106. The molecule has 0 aliphatic carbocycles. The third-order valence-electron chi connectivity index (χ3n) is 2.00. The largest absolute Gasteiger partial charge is 0.355 e. The predicted molar refractivity (Wildman–Crippen MR) is 64.3 cm³/mol. The van der Waals surface area contributed by atoms with Crippen LogP contribution in [0, 0.1) is 6.92 Å². The Morgan fingerprint density at radius 1 is 1.40 bits per heavy atom. The smallest absolute Gasteiger partial charge is 0.225 e. The molecule has 84 valence electrons. The number of rotatable bonds is 6. The molecule has 3 nitrogen and oxygen atoms in total. The van der Waals surface area contributed by atoms with Crippen LogP contribution in [0.2, 0.25) is 0 Å². The Hall–Kier alpha value is -0.870. The summed E-state index contributed by atoms with van der Waals surface area (Å²) >= 11 is 1.68. The van der Waals surface area contributed by atoms with Gasteiger partial charge in [-0.25, -0.2) is 0 Å². The van der Waals surface area contributed by atoms with Gasteiger partial charge >= 0.3 is 0 Å². The quantitative estimate of drug-likeness (QED) is 0.718. The fourth-order valence-corrected chi connectivity index (χ4v) is 2.16. The first kappa shape index (κ1) is 12.2. The molecule has 1 heterocycles. The molecule has 1 amide bonds. The van der Waals surface area contributed by atoms with Crippen molar-refractivity contribution < 1.29 is 4.79 Å². The first-order valence-electron chi connectivity index (χ1n) is 5.25. The Bertz CT molecular complexity index is 309. The zero-order valence-corrected chi connectivity index (χ0v) is 10.1. The number of carbonyl (C=O) groups is 1. The number of hydrogen-bond donors (Lipinski definition) is 2. The molecule has 1 rings (SSSR count). The van der Waals surface area contributed by atoms with Crippen molar-refractivity contribution in [1.82, 2.24) is 10.6 Å². The lowest BCUT2D eigenvalue weighted by Crippen LogP contribution is -2.32. The van der Waals surface area contributed by atoms with Crippen LogP contribution in [-0.2, 0) is 11.2 Å². The fraction of sp³-hybridized carbons (Fsp3) is 0.545. The molecule has 0 aliphatic rings. The molecule has 0 saturated heterocycles. The summed E-state index contributed by atoms with van der Waals surface area (Å²) in [6.07, 6.45) is 0.505. The van der Waals surface area contributed by atoms with Crippen molar-refractivity contribution in [3.63, 3.8) is 0 Å². The minimum atomic E-state index is 0.106. The number of aryl methyl sites for hydroxylation is 1. The summed E-state index contributed by atoms with van der Waals surface area (Å²) in [4.78, 5) is 13.8. The maximum absolute atomic E-state index is 11.5. The van der Waals surface area contributed by atoms with Crippen LogP contribution in [0.1, 0.15) is 16.7 Å². The van der Waals surface area contributed by atoms with E-state index in [1.54, 1.807) is 11.3 Å². The zero-order chi connectivity index (χ0) is 11.1. The van der Waals surface area contributed by atoms with Gasteiger partial charge in [0.1, 0.15) is 0 Å². The number of carbonyl (C=O) groups excluding carboxylic acids is 1. The van der Waals surface area contributed by atoms with Crippen LogP contribution >= 0.6 is 11.3 Å². The van der Waals surface area contributed by atoms with Gasteiger partial charge in [-0.15, -0.1) is 11.3 Å². The predicted octanol–water partition coefficient (Wildman–Crippen LogP) is 1.32. The van der Waals surface area contributed by atoms with Crippen LogP contribution < -0.4 is 10.6 Å². The van der Waals surface area contributed by atoms with E-state index < -0.39 is 0 Å². The first-order valence-corrected chi connectivity index (χ1v) is 6.06. The normalized spacial score (nSPS) is 10.3. The molecule has 0 radical (unpaired) electrons. The van der Waals surface area contributed by atoms with Gasteiger partial charge in [-0.05, 0) is 25.6 Å². The molecule has 1 aromatic heterocycles. The Balaban J connectivity index is 2.18. The fourth-order valence-electron chi connectivity index (χ4n) is 1.27. The molecular weight excluding hydrogens is 208 g/mol. The highest BCUT2D eigenvalue weighted by Gasteiger charge is 2.03. The highest BCUT2D eigenvalue weighted by molar-refractivity contribution is 7.12. The lowest BCUT2D eigenvalue weighted by molar-refractivity contribution is -0.120. The highest BCUT2D eigenvalue weighted by Crippen LogP contribution is 2.15.